The van der Waals surface area contributed by atoms with Crippen LogP contribution in [0.15, 0.2) is 30.3 Å². The number of carbonyl (C=O) groups excluding carboxylic acids is 1. The van der Waals surface area contributed by atoms with Gasteiger partial charge in [0.2, 0.25) is 5.91 Å². The van der Waals surface area contributed by atoms with Crippen LogP contribution in [0, 0.1) is 0 Å². The Hall–Kier alpha value is -1.81. The Bertz CT molecular complexity index is 494. The molecule has 114 valence electrons. The molecule has 1 aromatic carbocycles. The minimum absolute atomic E-state index is 0.0173. The maximum atomic E-state index is 12.4. The zero-order chi connectivity index (χ0) is 15.2. The van der Waals surface area contributed by atoms with Gasteiger partial charge in [0.25, 0.3) is 0 Å². The quantitative estimate of drug-likeness (QED) is 0.866. The van der Waals surface area contributed by atoms with Crippen molar-refractivity contribution in [3.8, 4) is 5.75 Å². The first-order valence-electron chi connectivity index (χ1n) is 7.50. The molecule has 1 aromatic rings. The van der Waals surface area contributed by atoms with Gasteiger partial charge in [0.1, 0.15) is 5.75 Å². The van der Waals surface area contributed by atoms with Crippen LogP contribution >= 0.6 is 0 Å². The fourth-order valence-electron chi connectivity index (χ4n) is 2.76. The van der Waals surface area contributed by atoms with Gasteiger partial charge in [0.05, 0.1) is 7.11 Å². The molecule has 1 aliphatic rings. The van der Waals surface area contributed by atoms with E-state index in [0.717, 1.165) is 37.1 Å². The molecule has 2 rings (SSSR count). The summed E-state index contributed by atoms with van der Waals surface area (Å²) in [5.74, 6) is 0.861. The highest BCUT2D eigenvalue weighted by molar-refractivity contribution is 5.92. The molecule has 1 aliphatic heterocycles. The van der Waals surface area contributed by atoms with Gasteiger partial charge in [-0.3, -0.25) is 4.79 Å². The van der Waals surface area contributed by atoms with Crippen LogP contribution in [0.4, 0.5) is 0 Å². The van der Waals surface area contributed by atoms with E-state index in [9.17, 15) is 4.79 Å². The SMILES string of the molecule is COc1ccc(C=CC(=O)N2CCCCC2C(C)N)cc1. The number of hydrogen-bond donors (Lipinski definition) is 1. The smallest absolute Gasteiger partial charge is 0.246 e. The number of carbonyl (C=O) groups is 1. The molecule has 0 radical (unpaired) electrons. The molecule has 2 atom stereocenters. The summed E-state index contributed by atoms with van der Waals surface area (Å²) in [5, 5.41) is 0. The number of ether oxygens (including phenoxy) is 1. The normalized spacial score (nSPS) is 20.5. The second kappa shape index (κ2) is 7.27. The first-order chi connectivity index (χ1) is 10.1. The van der Waals surface area contributed by atoms with Gasteiger partial charge in [-0.1, -0.05) is 12.1 Å². The number of amides is 1. The van der Waals surface area contributed by atoms with Crippen LogP contribution in [0.2, 0.25) is 0 Å². The summed E-state index contributed by atoms with van der Waals surface area (Å²) in [5.41, 5.74) is 6.99. The van der Waals surface area contributed by atoms with Crippen molar-refractivity contribution in [1.29, 1.82) is 0 Å². The number of piperidine rings is 1. The summed E-state index contributed by atoms with van der Waals surface area (Å²) >= 11 is 0. The summed E-state index contributed by atoms with van der Waals surface area (Å²) < 4.78 is 5.12. The van der Waals surface area contributed by atoms with Crippen LogP contribution in [-0.4, -0.2) is 36.5 Å². The third kappa shape index (κ3) is 4.08. The van der Waals surface area contributed by atoms with Gasteiger partial charge in [-0.2, -0.15) is 0 Å². The Kier molecular flexibility index (Phi) is 5.39. The zero-order valence-electron chi connectivity index (χ0n) is 12.8. The molecule has 1 fully saturated rings. The highest BCUT2D eigenvalue weighted by Gasteiger charge is 2.27. The lowest BCUT2D eigenvalue weighted by Gasteiger charge is -2.37. The number of likely N-dealkylation sites (tertiary alicyclic amines) is 1. The predicted octanol–water partition coefficient (Wildman–Crippen LogP) is 2.44. The number of methoxy groups -OCH3 is 1. The minimum atomic E-state index is 0.0173. The minimum Gasteiger partial charge on any atom is -0.497 e. The van der Waals surface area contributed by atoms with Crippen LogP contribution in [0.3, 0.4) is 0 Å². The lowest BCUT2D eigenvalue weighted by molar-refractivity contribution is -0.129. The van der Waals surface area contributed by atoms with Crippen molar-refractivity contribution in [1.82, 2.24) is 4.90 Å². The van der Waals surface area contributed by atoms with Crippen molar-refractivity contribution in [2.75, 3.05) is 13.7 Å². The molecular weight excluding hydrogens is 264 g/mol. The van der Waals surface area contributed by atoms with E-state index in [1.165, 1.54) is 0 Å². The Morgan fingerprint density at radius 1 is 1.38 bits per heavy atom. The fraction of sp³-hybridized carbons (Fsp3) is 0.471. The molecule has 1 amide bonds. The Morgan fingerprint density at radius 2 is 2.10 bits per heavy atom. The van der Waals surface area contributed by atoms with Crippen molar-refractivity contribution >= 4 is 12.0 Å². The molecule has 0 bridgehead atoms. The Balaban J connectivity index is 2.03. The van der Waals surface area contributed by atoms with Gasteiger partial charge >= 0.3 is 0 Å². The molecule has 21 heavy (non-hydrogen) atoms. The van der Waals surface area contributed by atoms with Crippen molar-refractivity contribution in [3.05, 3.63) is 35.9 Å². The van der Waals surface area contributed by atoms with Crippen LogP contribution in [0.1, 0.15) is 31.7 Å². The number of benzene rings is 1. The van der Waals surface area contributed by atoms with E-state index in [1.807, 2.05) is 42.2 Å². The number of nitrogens with zero attached hydrogens (tertiary/aromatic N) is 1. The molecule has 2 N–H and O–H groups in total. The lowest BCUT2D eigenvalue weighted by Crippen LogP contribution is -2.51. The van der Waals surface area contributed by atoms with Crippen molar-refractivity contribution in [2.24, 2.45) is 5.73 Å². The molecule has 4 nitrogen and oxygen atoms in total. The molecular formula is C17H24N2O2. The third-order valence-electron chi connectivity index (χ3n) is 3.97. The number of nitrogens with two attached hydrogens (primary N) is 1. The summed E-state index contributed by atoms with van der Waals surface area (Å²) in [4.78, 5) is 14.3. The van der Waals surface area contributed by atoms with Gasteiger partial charge in [0.15, 0.2) is 0 Å². The van der Waals surface area contributed by atoms with Gasteiger partial charge in [0, 0.05) is 24.7 Å². The first kappa shape index (κ1) is 15.6. The third-order valence-corrected chi connectivity index (χ3v) is 3.97. The van der Waals surface area contributed by atoms with Gasteiger partial charge in [-0.05, 0) is 50.0 Å². The molecule has 0 saturated carbocycles. The van der Waals surface area contributed by atoms with Gasteiger partial charge in [-0.15, -0.1) is 0 Å². The fourth-order valence-corrected chi connectivity index (χ4v) is 2.76. The summed E-state index contributed by atoms with van der Waals surface area (Å²) in [6.07, 6.45) is 6.69. The molecule has 0 spiro atoms. The van der Waals surface area contributed by atoms with E-state index in [0.29, 0.717) is 0 Å². The average Bonchev–Trinajstić information content (AvgIpc) is 2.53. The maximum Gasteiger partial charge on any atom is 0.246 e. The van der Waals surface area contributed by atoms with Crippen LogP contribution in [-0.2, 0) is 4.79 Å². The molecule has 4 heteroatoms. The van der Waals surface area contributed by atoms with E-state index in [4.69, 9.17) is 10.5 Å². The van der Waals surface area contributed by atoms with Gasteiger partial charge in [-0.25, -0.2) is 0 Å². The van der Waals surface area contributed by atoms with Crippen LogP contribution in [0.25, 0.3) is 6.08 Å². The van der Waals surface area contributed by atoms with E-state index < -0.39 is 0 Å². The molecule has 1 heterocycles. The lowest BCUT2D eigenvalue weighted by atomic mass is 9.97. The Labute approximate surface area is 126 Å². The summed E-state index contributed by atoms with van der Waals surface area (Å²) in [6, 6.07) is 7.81. The average molecular weight is 288 g/mol. The van der Waals surface area contributed by atoms with Crippen LogP contribution < -0.4 is 10.5 Å². The monoisotopic (exact) mass is 288 g/mol. The Morgan fingerprint density at radius 3 is 2.71 bits per heavy atom. The number of hydrogen-bond acceptors (Lipinski definition) is 3. The predicted molar refractivity (Wildman–Crippen MR) is 85.0 cm³/mol. The molecule has 2 unspecified atom stereocenters. The highest BCUT2D eigenvalue weighted by Crippen LogP contribution is 2.20. The van der Waals surface area contributed by atoms with Crippen molar-refractivity contribution in [3.63, 3.8) is 0 Å². The van der Waals surface area contributed by atoms with Crippen molar-refractivity contribution < 1.29 is 9.53 Å². The summed E-state index contributed by atoms with van der Waals surface area (Å²) in [7, 11) is 1.64. The second-order valence-corrected chi connectivity index (χ2v) is 5.56. The number of rotatable bonds is 4. The first-order valence-corrected chi connectivity index (χ1v) is 7.50. The van der Waals surface area contributed by atoms with E-state index >= 15 is 0 Å². The second-order valence-electron chi connectivity index (χ2n) is 5.56. The molecule has 0 aliphatic carbocycles. The van der Waals surface area contributed by atoms with E-state index in [-0.39, 0.29) is 18.0 Å². The standard InChI is InChI=1S/C17H24N2O2/c1-13(18)16-5-3-4-12-19(16)17(20)11-8-14-6-9-15(21-2)10-7-14/h6-11,13,16H,3-5,12,18H2,1-2H3. The van der Waals surface area contributed by atoms with Crippen molar-refractivity contribution in [2.45, 2.75) is 38.3 Å². The molecule has 0 aromatic heterocycles. The molecule has 1 saturated heterocycles. The van der Waals surface area contributed by atoms with Gasteiger partial charge < -0.3 is 15.4 Å². The van der Waals surface area contributed by atoms with E-state index in [1.54, 1.807) is 13.2 Å². The maximum absolute atomic E-state index is 12.4. The highest BCUT2D eigenvalue weighted by atomic mass is 16.5. The van der Waals surface area contributed by atoms with Crippen LogP contribution in [0.5, 0.6) is 5.75 Å². The van der Waals surface area contributed by atoms with E-state index in [2.05, 4.69) is 0 Å². The zero-order valence-corrected chi connectivity index (χ0v) is 12.8. The largest absolute Gasteiger partial charge is 0.497 e. The topological polar surface area (TPSA) is 55.6 Å². The summed E-state index contributed by atoms with van der Waals surface area (Å²) in [6.45, 7) is 2.78.